The van der Waals surface area contributed by atoms with E-state index in [1.54, 1.807) is 0 Å². The van der Waals surface area contributed by atoms with E-state index in [0.29, 0.717) is 15.8 Å². The molecule has 0 unspecified atom stereocenters. The number of benzene rings is 1. The average molecular weight is 283 g/mol. The largest absolute Gasteiger partial charge is 0.316 e. The van der Waals surface area contributed by atoms with Gasteiger partial charge in [-0.3, -0.25) is 9.36 Å². The molecule has 0 aliphatic rings. The molecule has 0 spiro atoms. The lowest BCUT2D eigenvalue weighted by Gasteiger charge is -2.09. The fourth-order valence-electron chi connectivity index (χ4n) is 2.37. The zero-order valence-electron chi connectivity index (χ0n) is 11.2. The number of aromatic nitrogens is 3. The van der Waals surface area contributed by atoms with Crippen LogP contribution in [0.4, 0.5) is 0 Å². The molecule has 20 heavy (non-hydrogen) atoms. The van der Waals surface area contributed by atoms with Gasteiger partial charge in [-0.2, -0.15) is 0 Å². The summed E-state index contributed by atoms with van der Waals surface area (Å²) >= 11 is 5.30. The first-order chi connectivity index (χ1) is 9.58. The van der Waals surface area contributed by atoms with Crippen LogP contribution in [0.15, 0.2) is 41.2 Å². The zero-order chi connectivity index (χ0) is 14.3. The molecule has 0 atom stereocenters. The minimum absolute atomic E-state index is 0.139. The topological polar surface area (TPSA) is 50.7 Å². The summed E-state index contributed by atoms with van der Waals surface area (Å²) in [6.45, 7) is 3.80. The second-order valence-corrected chi connectivity index (χ2v) is 5.10. The van der Waals surface area contributed by atoms with Gasteiger partial charge in [-0.05, 0) is 49.8 Å². The quantitative estimate of drug-likeness (QED) is 0.698. The Labute approximate surface area is 120 Å². The average Bonchev–Trinajstić information content (AvgIpc) is 2.38. The minimum atomic E-state index is -0.139. The van der Waals surface area contributed by atoms with Crippen LogP contribution in [-0.2, 0) is 0 Å². The van der Waals surface area contributed by atoms with E-state index in [1.807, 2.05) is 50.2 Å². The van der Waals surface area contributed by atoms with Gasteiger partial charge in [-0.1, -0.05) is 18.2 Å². The lowest BCUT2D eigenvalue weighted by atomic mass is 10.2. The highest BCUT2D eigenvalue weighted by Gasteiger charge is 2.10. The van der Waals surface area contributed by atoms with Crippen LogP contribution in [0.25, 0.3) is 16.7 Å². The molecule has 0 aliphatic heterocycles. The number of para-hydroxylation sites is 1. The van der Waals surface area contributed by atoms with Crippen LogP contribution < -0.4 is 5.56 Å². The highest BCUT2D eigenvalue weighted by atomic mass is 32.1. The molecule has 0 saturated carbocycles. The second kappa shape index (κ2) is 4.68. The van der Waals surface area contributed by atoms with Crippen molar-refractivity contribution in [3.63, 3.8) is 0 Å². The summed E-state index contributed by atoms with van der Waals surface area (Å²) in [6.07, 6.45) is 0. The van der Waals surface area contributed by atoms with Crippen molar-refractivity contribution < 1.29 is 0 Å². The molecular weight excluding hydrogens is 270 g/mol. The summed E-state index contributed by atoms with van der Waals surface area (Å²) in [5.41, 5.74) is 2.91. The number of rotatable bonds is 1. The van der Waals surface area contributed by atoms with Crippen molar-refractivity contribution in [3.05, 3.63) is 62.8 Å². The monoisotopic (exact) mass is 283 g/mol. The van der Waals surface area contributed by atoms with Gasteiger partial charge >= 0.3 is 0 Å². The van der Waals surface area contributed by atoms with Crippen LogP contribution in [0, 0.1) is 18.6 Å². The Bertz CT molecular complexity index is 910. The van der Waals surface area contributed by atoms with Crippen LogP contribution in [-0.4, -0.2) is 14.5 Å². The van der Waals surface area contributed by atoms with Gasteiger partial charge in [0.25, 0.3) is 5.56 Å². The number of nitrogens with zero attached hydrogens (tertiary/aromatic N) is 2. The highest BCUT2D eigenvalue weighted by Crippen LogP contribution is 2.14. The molecule has 2 heterocycles. The molecule has 0 fully saturated rings. The van der Waals surface area contributed by atoms with Crippen molar-refractivity contribution in [2.24, 2.45) is 0 Å². The smallest absolute Gasteiger partial charge is 0.268 e. The van der Waals surface area contributed by atoms with Crippen molar-refractivity contribution in [2.75, 3.05) is 0 Å². The maximum Gasteiger partial charge on any atom is 0.268 e. The zero-order valence-corrected chi connectivity index (χ0v) is 12.0. The molecule has 0 radical (unpaired) electrons. The van der Waals surface area contributed by atoms with Crippen LogP contribution in [0.1, 0.15) is 11.3 Å². The molecule has 0 aliphatic carbocycles. The van der Waals surface area contributed by atoms with Crippen LogP contribution in [0.2, 0.25) is 0 Å². The van der Waals surface area contributed by atoms with Gasteiger partial charge in [0, 0.05) is 5.69 Å². The summed E-state index contributed by atoms with van der Waals surface area (Å²) in [4.78, 5) is 20.1. The summed E-state index contributed by atoms with van der Waals surface area (Å²) in [6, 6.07) is 11.3. The van der Waals surface area contributed by atoms with E-state index < -0.39 is 0 Å². The molecule has 1 aromatic carbocycles. The van der Waals surface area contributed by atoms with Gasteiger partial charge in [0.2, 0.25) is 0 Å². The van der Waals surface area contributed by atoms with Crippen LogP contribution in [0.3, 0.4) is 0 Å². The number of H-pyrrole nitrogens is 1. The number of hydrogen-bond acceptors (Lipinski definition) is 3. The van der Waals surface area contributed by atoms with Crippen molar-refractivity contribution in [1.29, 1.82) is 0 Å². The second-order valence-electron chi connectivity index (χ2n) is 4.71. The van der Waals surface area contributed by atoms with Crippen LogP contribution in [0.5, 0.6) is 0 Å². The van der Waals surface area contributed by atoms with Crippen molar-refractivity contribution in [2.45, 2.75) is 13.8 Å². The lowest BCUT2D eigenvalue weighted by Crippen LogP contribution is -2.21. The molecule has 100 valence electrons. The first-order valence-electron chi connectivity index (χ1n) is 6.26. The Kier molecular flexibility index (Phi) is 2.99. The molecular formula is C15H13N3OS. The molecule has 4 nitrogen and oxygen atoms in total. The van der Waals surface area contributed by atoms with Gasteiger partial charge in [0.05, 0.1) is 11.1 Å². The van der Waals surface area contributed by atoms with Gasteiger partial charge in [0.1, 0.15) is 5.65 Å². The fourth-order valence-corrected chi connectivity index (χ4v) is 2.65. The Morgan fingerprint density at radius 2 is 1.90 bits per heavy atom. The van der Waals surface area contributed by atoms with Gasteiger partial charge < -0.3 is 4.98 Å². The number of aryl methyl sites for hydroxylation is 2. The van der Waals surface area contributed by atoms with E-state index in [-0.39, 0.29) is 5.56 Å². The Balaban J connectivity index is 2.48. The number of hydrogen-bond donors (Lipinski definition) is 1. The summed E-state index contributed by atoms with van der Waals surface area (Å²) in [5, 5.41) is 0.577. The van der Waals surface area contributed by atoms with Crippen molar-refractivity contribution in [1.82, 2.24) is 14.5 Å². The third kappa shape index (κ3) is 1.96. The van der Waals surface area contributed by atoms with Crippen molar-refractivity contribution >= 4 is 23.3 Å². The first-order valence-corrected chi connectivity index (χ1v) is 6.67. The molecule has 0 bridgehead atoms. The Hall–Kier alpha value is -2.27. The highest BCUT2D eigenvalue weighted by molar-refractivity contribution is 7.71. The molecule has 1 N–H and O–H groups in total. The number of fused-ring (bicyclic) bond motifs is 1. The van der Waals surface area contributed by atoms with E-state index in [0.717, 1.165) is 16.9 Å². The number of nitrogens with one attached hydrogen (secondary N) is 1. The van der Waals surface area contributed by atoms with E-state index >= 15 is 0 Å². The van der Waals surface area contributed by atoms with E-state index in [2.05, 4.69) is 9.97 Å². The maximum absolute atomic E-state index is 12.7. The predicted octanol–water partition coefficient (Wildman–Crippen LogP) is 3.06. The van der Waals surface area contributed by atoms with E-state index in [4.69, 9.17) is 12.2 Å². The number of pyridine rings is 1. The van der Waals surface area contributed by atoms with E-state index in [1.165, 1.54) is 4.57 Å². The number of aromatic amines is 1. The minimum Gasteiger partial charge on any atom is -0.316 e. The predicted molar refractivity (Wildman–Crippen MR) is 82.0 cm³/mol. The summed E-state index contributed by atoms with van der Waals surface area (Å²) in [5.74, 6) is 0. The third-order valence-corrected chi connectivity index (χ3v) is 3.49. The normalized spacial score (nSPS) is 10.9. The summed E-state index contributed by atoms with van der Waals surface area (Å²) in [7, 11) is 0. The molecule has 3 rings (SSSR count). The molecule has 0 amide bonds. The molecule has 5 heteroatoms. The van der Waals surface area contributed by atoms with Gasteiger partial charge in [-0.15, -0.1) is 0 Å². The van der Waals surface area contributed by atoms with E-state index in [9.17, 15) is 4.79 Å². The Morgan fingerprint density at radius 3 is 2.60 bits per heavy atom. The first kappa shape index (κ1) is 12.7. The SMILES string of the molecule is Cc1cc(C)c2c(=O)n(-c3ccccc3)c(=S)[nH]c2n1. The van der Waals surface area contributed by atoms with Gasteiger partial charge in [0.15, 0.2) is 4.77 Å². The van der Waals surface area contributed by atoms with Gasteiger partial charge in [-0.25, -0.2) is 4.98 Å². The standard InChI is InChI=1S/C15H13N3OS/c1-9-8-10(2)16-13-12(9)14(19)18(15(20)17-13)11-6-4-3-5-7-11/h3-8H,1-2H3,(H,16,17,20). The fraction of sp³-hybridized carbons (Fsp3) is 0.133. The third-order valence-electron chi connectivity index (χ3n) is 3.20. The molecule has 3 aromatic rings. The molecule has 2 aromatic heterocycles. The Morgan fingerprint density at radius 1 is 1.20 bits per heavy atom. The maximum atomic E-state index is 12.7. The van der Waals surface area contributed by atoms with Crippen molar-refractivity contribution in [3.8, 4) is 5.69 Å². The molecule has 0 saturated heterocycles. The lowest BCUT2D eigenvalue weighted by molar-refractivity contribution is 0.929. The van der Waals surface area contributed by atoms with Crippen LogP contribution >= 0.6 is 12.2 Å². The summed E-state index contributed by atoms with van der Waals surface area (Å²) < 4.78 is 1.85.